The molecule has 2 atom stereocenters. The topological polar surface area (TPSA) is 21.3 Å². The van der Waals surface area contributed by atoms with Crippen molar-refractivity contribution in [3.8, 4) is 5.75 Å². The molecule has 1 aliphatic carbocycles. The summed E-state index contributed by atoms with van der Waals surface area (Å²) in [4.78, 5) is 0. The van der Waals surface area contributed by atoms with Crippen LogP contribution in [0.15, 0.2) is 24.3 Å². The van der Waals surface area contributed by atoms with E-state index in [4.69, 9.17) is 4.74 Å². The summed E-state index contributed by atoms with van der Waals surface area (Å²) >= 11 is 0. The van der Waals surface area contributed by atoms with Crippen LogP contribution in [0.25, 0.3) is 0 Å². The molecule has 1 saturated carbocycles. The van der Waals surface area contributed by atoms with Gasteiger partial charge in [0, 0.05) is 11.6 Å². The van der Waals surface area contributed by atoms with E-state index in [1.807, 2.05) is 12.1 Å². The molecule has 100 valence electrons. The van der Waals surface area contributed by atoms with Gasteiger partial charge in [-0.3, -0.25) is 0 Å². The van der Waals surface area contributed by atoms with E-state index in [1.165, 1.54) is 12.0 Å². The summed E-state index contributed by atoms with van der Waals surface area (Å²) in [5.41, 5.74) is 1.83. The number of nitrogens with one attached hydrogen (secondary N) is 1. The van der Waals surface area contributed by atoms with E-state index >= 15 is 0 Å². The van der Waals surface area contributed by atoms with E-state index in [1.54, 1.807) is 7.11 Å². The third-order valence-electron chi connectivity index (χ3n) is 4.25. The predicted octanol–water partition coefficient (Wildman–Crippen LogP) is 3.78. The van der Waals surface area contributed by atoms with Crippen molar-refractivity contribution >= 4 is 0 Å². The third-order valence-corrected chi connectivity index (χ3v) is 4.25. The van der Waals surface area contributed by atoms with Gasteiger partial charge < -0.3 is 10.1 Å². The second-order valence-electron chi connectivity index (χ2n) is 6.00. The van der Waals surface area contributed by atoms with E-state index < -0.39 is 0 Å². The number of rotatable bonds is 6. The van der Waals surface area contributed by atoms with Crippen LogP contribution in [-0.4, -0.2) is 13.7 Å². The minimum absolute atomic E-state index is 0.401. The van der Waals surface area contributed by atoms with Gasteiger partial charge in [0.05, 0.1) is 7.11 Å². The molecule has 2 heteroatoms. The first-order chi connectivity index (χ1) is 8.58. The average Bonchev–Trinajstić information content (AvgIpc) is 2.98. The number of para-hydroxylation sites is 1. The Morgan fingerprint density at radius 1 is 1.39 bits per heavy atom. The van der Waals surface area contributed by atoms with Crippen LogP contribution in [0, 0.1) is 11.3 Å². The second-order valence-corrected chi connectivity index (χ2v) is 6.00. The van der Waals surface area contributed by atoms with Gasteiger partial charge in [-0.1, -0.05) is 39.0 Å². The fraction of sp³-hybridized carbons (Fsp3) is 0.625. The lowest BCUT2D eigenvalue weighted by Crippen LogP contribution is -2.24. The van der Waals surface area contributed by atoms with Crippen molar-refractivity contribution in [3.05, 3.63) is 29.8 Å². The lowest BCUT2D eigenvalue weighted by atomic mass is 10.0. The van der Waals surface area contributed by atoms with Crippen molar-refractivity contribution in [2.45, 2.75) is 39.7 Å². The molecule has 0 radical (unpaired) electrons. The summed E-state index contributed by atoms with van der Waals surface area (Å²) in [6.45, 7) is 8.04. The highest BCUT2D eigenvalue weighted by Gasteiger charge is 2.45. The zero-order valence-electron chi connectivity index (χ0n) is 12.0. The van der Waals surface area contributed by atoms with Gasteiger partial charge in [-0.25, -0.2) is 0 Å². The molecule has 1 fully saturated rings. The van der Waals surface area contributed by atoms with E-state index in [0.717, 1.165) is 24.6 Å². The van der Waals surface area contributed by atoms with E-state index in [0.29, 0.717) is 11.5 Å². The van der Waals surface area contributed by atoms with Crippen molar-refractivity contribution in [2.24, 2.45) is 11.3 Å². The smallest absolute Gasteiger partial charge is 0.123 e. The summed E-state index contributed by atoms with van der Waals surface area (Å²) < 4.78 is 5.45. The Kier molecular flexibility index (Phi) is 3.96. The van der Waals surface area contributed by atoms with Gasteiger partial charge in [-0.2, -0.15) is 0 Å². The van der Waals surface area contributed by atoms with Crippen molar-refractivity contribution in [2.75, 3.05) is 13.7 Å². The Morgan fingerprint density at radius 2 is 2.06 bits per heavy atom. The Morgan fingerprint density at radius 3 is 2.61 bits per heavy atom. The van der Waals surface area contributed by atoms with Gasteiger partial charge in [0.2, 0.25) is 0 Å². The summed E-state index contributed by atoms with van der Waals surface area (Å²) in [6.07, 6.45) is 2.44. The molecule has 0 heterocycles. The highest BCUT2D eigenvalue weighted by atomic mass is 16.5. The normalized spacial score (nSPS) is 22.6. The first-order valence-electron chi connectivity index (χ1n) is 6.94. The lowest BCUT2D eigenvalue weighted by molar-refractivity contribution is 0.392. The average molecular weight is 247 g/mol. The summed E-state index contributed by atoms with van der Waals surface area (Å²) in [5.74, 6) is 1.83. The Hall–Kier alpha value is -1.02. The van der Waals surface area contributed by atoms with E-state index in [-0.39, 0.29) is 0 Å². The molecule has 1 aromatic carbocycles. The van der Waals surface area contributed by atoms with Crippen molar-refractivity contribution < 1.29 is 4.74 Å². The predicted molar refractivity (Wildman–Crippen MR) is 75.9 cm³/mol. The fourth-order valence-electron chi connectivity index (χ4n) is 2.64. The van der Waals surface area contributed by atoms with E-state index in [9.17, 15) is 0 Å². The Balaban J connectivity index is 1.99. The van der Waals surface area contributed by atoms with Gasteiger partial charge >= 0.3 is 0 Å². The van der Waals surface area contributed by atoms with Gasteiger partial charge in [0.1, 0.15) is 5.75 Å². The molecule has 1 aromatic rings. The molecule has 1 aliphatic rings. The molecule has 0 saturated heterocycles. The van der Waals surface area contributed by atoms with Crippen LogP contribution in [0.4, 0.5) is 0 Å². The number of methoxy groups -OCH3 is 1. The summed E-state index contributed by atoms with van der Waals surface area (Å²) in [6, 6.07) is 8.72. The molecule has 2 rings (SSSR count). The molecular weight excluding hydrogens is 222 g/mol. The number of hydrogen-bond acceptors (Lipinski definition) is 2. The highest BCUT2D eigenvalue weighted by molar-refractivity contribution is 5.35. The summed E-state index contributed by atoms with van der Waals surface area (Å²) in [7, 11) is 1.75. The Labute approximate surface area is 111 Å². The molecule has 0 spiro atoms. The SMILES string of the molecule is CCC(NCC1CC1(C)C)c1ccccc1OC. The van der Waals surface area contributed by atoms with Gasteiger partial charge in [-0.05, 0) is 36.8 Å². The van der Waals surface area contributed by atoms with Crippen LogP contribution in [0.3, 0.4) is 0 Å². The molecule has 1 N–H and O–H groups in total. The maximum atomic E-state index is 5.45. The van der Waals surface area contributed by atoms with Gasteiger partial charge in [-0.15, -0.1) is 0 Å². The minimum atomic E-state index is 0.401. The van der Waals surface area contributed by atoms with Crippen LogP contribution < -0.4 is 10.1 Å². The molecule has 2 unspecified atom stereocenters. The number of hydrogen-bond donors (Lipinski definition) is 1. The number of benzene rings is 1. The molecule has 18 heavy (non-hydrogen) atoms. The number of ether oxygens (including phenoxy) is 1. The zero-order chi connectivity index (χ0) is 13.2. The maximum Gasteiger partial charge on any atom is 0.123 e. The maximum absolute atomic E-state index is 5.45. The van der Waals surface area contributed by atoms with Crippen LogP contribution in [-0.2, 0) is 0 Å². The quantitative estimate of drug-likeness (QED) is 0.826. The molecular formula is C16H25NO. The van der Waals surface area contributed by atoms with Crippen molar-refractivity contribution in [3.63, 3.8) is 0 Å². The van der Waals surface area contributed by atoms with Crippen LogP contribution in [0.1, 0.15) is 45.2 Å². The monoisotopic (exact) mass is 247 g/mol. The van der Waals surface area contributed by atoms with Crippen molar-refractivity contribution in [1.82, 2.24) is 5.32 Å². The largest absolute Gasteiger partial charge is 0.496 e. The summed E-state index contributed by atoms with van der Waals surface area (Å²) in [5, 5.41) is 3.70. The first-order valence-corrected chi connectivity index (χ1v) is 6.94. The molecule has 2 nitrogen and oxygen atoms in total. The lowest BCUT2D eigenvalue weighted by Gasteiger charge is -2.20. The third kappa shape index (κ3) is 2.86. The first kappa shape index (κ1) is 13.4. The fourth-order valence-corrected chi connectivity index (χ4v) is 2.64. The highest BCUT2D eigenvalue weighted by Crippen LogP contribution is 2.51. The van der Waals surface area contributed by atoms with Gasteiger partial charge in [0.25, 0.3) is 0 Å². The van der Waals surface area contributed by atoms with Crippen molar-refractivity contribution in [1.29, 1.82) is 0 Å². The minimum Gasteiger partial charge on any atom is -0.496 e. The second kappa shape index (κ2) is 5.31. The standard InChI is InChI=1S/C16H25NO/c1-5-14(17-11-12-10-16(12,2)3)13-8-6-7-9-15(13)18-4/h6-9,12,14,17H,5,10-11H2,1-4H3. The van der Waals surface area contributed by atoms with Crippen LogP contribution in [0.2, 0.25) is 0 Å². The molecule has 0 aliphatic heterocycles. The van der Waals surface area contributed by atoms with Gasteiger partial charge in [0.15, 0.2) is 0 Å². The zero-order valence-corrected chi connectivity index (χ0v) is 12.0. The Bertz CT molecular complexity index is 400. The van der Waals surface area contributed by atoms with Crippen LogP contribution in [0.5, 0.6) is 5.75 Å². The molecule has 0 amide bonds. The molecule has 0 bridgehead atoms. The van der Waals surface area contributed by atoms with E-state index in [2.05, 4.69) is 38.2 Å². The van der Waals surface area contributed by atoms with Crippen LogP contribution >= 0.6 is 0 Å². The molecule has 0 aromatic heterocycles.